The number of nitrogens with one attached hydrogen (secondary N) is 1. The summed E-state index contributed by atoms with van der Waals surface area (Å²) < 4.78 is 17.8. The second-order valence-corrected chi connectivity index (χ2v) is 14.3. The molecule has 52 heavy (non-hydrogen) atoms. The van der Waals surface area contributed by atoms with Crippen molar-refractivity contribution < 1.29 is 54.8 Å². The third kappa shape index (κ3) is 5.49. The predicted molar refractivity (Wildman–Crippen MR) is 189 cm³/mol. The number of allylic oxidation sites excluding steroid dienone is 1. The van der Waals surface area contributed by atoms with Crippen molar-refractivity contribution in [2.45, 2.75) is 67.6 Å². The van der Waals surface area contributed by atoms with Gasteiger partial charge < -0.3 is 54.9 Å². The minimum absolute atomic E-state index is 0.0261. The zero-order chi connectivity index (χ0) is 36.4. The van der Waals surface area contributed by atoms with Gasteiger partial charge in [-0.15, -0.1) is 0 Å². The summed E-state index contributed by atoms with van der Waals surface area (Å²) in [6.07, 6.45) is 0.823. The van der Waals surface area contributed by atoms with Crippen molar-refractivity contribution in [1.29, 1.82) is 0 Å². The molecule has 12 heteroatoms. The molecule has 2 aliphatic carbocycles. The lowest BCUT2D eigenvalue weighted by Gasteiger charge is -2.54. The van der Waals surface area contributed by atoms with Gasteiger partial charge in [0, 0.05) is 5.41 Å². The van der Waals surface area contributed by atoms with Crippen molar-refractivity contribution in [2.24, 2.45) is 11.8 Å². The van der Waals surface area contributed by atoms with Crippen LogP contribution >= 0.6 is 0 Å². The number of phenolic OH excluding ortho intramolecular Hbond substituents is 1. The molecule has 8 N–H and O–H groups in total. The summed E-state index contributed by atoms with van der Waals surface area (Å²) in [6.45, 7) is -2.00. The van der Waals surface area contributed by atoms with Crippen LogP contribution in [0.25, 0.3) is 32.4 Å². The van der Waals surface area contributed by atoms with E-state index in [1.54, 1.807) is 30.3 Å². The standard InChI is InChI=1S/C40H41NO11/c42-19-30-33(32-28-18-23-6-2-1-5-22(23)17-24(28)8-13-29(32)41-30)51-37(46)35-34(36(45)40(49,21-43)52-35)50-20-31-38(26-9-11-27(44)12-10-26)15-4-3-7-25(38)14-16-39(31,47)48/h1-2,5-6,8-14,16-18,25,31,34-36,41-45,47-49H,3-4,7,15,19-21H2/t25-,31+,34-,35+,36+,38-,40-/m0/s1. The van der Waals surface area contributed by atoms with Gasteiger partial charge in [0.05, 0.1) is 42.3 Å². The molecule has 272 valence electrons. The highest BCUT2D eigenvalue weighted by atomic mass is 16.7. The number of benzene rings is 4. The smallest absolute Gasteiger partial charge is 0.343 e. The van der Waals surface area contributed by atoms with Crippen molar-refractivity contribution in [1.82, 2.24) is 4.98 Å². The summed E-state index contributed by atoms with van der Waals surface area (Å²) >= 11 is 0. The molecule has 8 rings (SSSR count). The number of H-pyrrole nitrogens is 1. The molecule has 5 aromatic rings. The first-order valence-electron chi connectivity index (χ1n) is 17.5. The van der Waals surface area contributed by atoms with Crippen LogP contribution in [0.15, 0.2) is 84.9 Å². The van der Waals surface area contributed by atoms with Gasteiger partial charge in [0.2, 0.25) is 5.79 Å². The van der Waals surface area contributed by atoms with E-state index in [1.165, 1.54) is 6.08 Å². The van der Waals surface area contributed by atoms with Gasteiger partial charge in [0.25, 0.3) is 0 Å². The highest BCUT2D eigenvalue weighted by Gasteiger charge is 2.60. The number of aromatic nitrogens is 1. The second kappa shape index (κ2) is 12.9. The van der Waals surface area contributed by atoms with E-state index in [0.29, 0.717) is 17.3 Å². The largest absolute Gasteiger partial charge is 0.508 e. The fraction of sp³-hybridized carbons (Fsp3) is 0.375. The number of aliphatic hydroxyl groups excluding tert-OH is 3. The summed E-state index contributed by atoms with van der Waals surface area (Å²) in [4.78, 5) is 17.2. The van der Waals surface area contributed by atoms with E-state index in [4.69, 9.17) is 14.2 Å². The number of aromatic amines is 1. The van der Waals surface area contributed by atoms with E-state index in [-0.39, 0.29) is 23.1 Å². The van der Waals surface area contributed by atoms with Crippen molar-refractivity contribution in [3.8, 4) is 11.5 Å². The number of ether oxygens (including phenoxy) is 3. The van der Waals surface area contributed by atoms with Gasteiger partial charge >= 0.3 is 5.97 Å². The van der Waals surface area contributed by atoms with Crippen molar-refractivity contribution in [3.05, 3.63) is 96.2 Å². The molecule has 0 amide bonds. The Hall–Kier alpha value is -4.37. The molecule has 2 fully saturated rings. The van der Waals surface area contributed by atoms with Gasteiger partial charge in [-0.3, -0.25) is 0 Å². The van der Waals surface area contributed by atoms with Gasteiger partial charge in [-0.2, -0.15) is 0 Å². The highest BCUT2D eigenvalue weighted by Crippen LogP contribution is 2.55. The Bertz CT molecular complexity index is 2180. The highest BCUT2D eigenvalue weighted by molar-refractivity contribution is 6.14. The maximum atomic E-state index is 14.1. The van der Waals surface area contributed by atoms with Crippen molar-refractivity contribution >= 4 is 38.4 Å². The van der Waals surface area contributed by atoms with E-state index >= 15 is 0 Å². The predicted octanol–water partition coefficient (Wildman–Crippen LogP) is 3.40. The third-order valence-electron chi connectivity index (χ3n) is 11.5. The van der Waals surface area contributed by atoms with E-state index in [0.717, 1.165) is 46.4 Å². The Labute approximate surface area is 298 Å². The summed E-state index contributed by atoms with van der Waals surface area (Å²) in [7, 11) is 0. The number of hydrogen-bond donors (Lipinski definition) is 8. The Morgan fingerprint density at radius 1 is 0.942 bits per heavy atom. The van der Waals surface area contributed by atoms with Crippen LogP contribution in [0.3, 0.4) is 0 Å². The Kier molecular flexibility index (Phi) is 8.63. The minimum atomic E-state index is -2.61. The van der Waals surface area contributed by atoms with Crippen LogP contribution in [0, 0.1) is 11.8 Å². The van der Waals surface area contributed by atoms with Crippen LogP contribution in [0.1, 0.15) is 36.9 Å². The van der Waals surface area contributed by atoms with Crippen LogP contribution in [0.2, 0.25) is 0 Å². The van der Waals surface area contributed by atoms with Crippen LogP contribution in [0.4, 0.5) is 0 Å². The Morgan fingerprint density at radius 2 is 1.69 bits per heavy atom. The molecule has 0 radical (unpaired) electrons. The van der Waals surface area contributed by atoms with Crippen molar-refractivity contribution in [3.63, 3.8) is 0 Å². The molecule has 1 aliphatic heterocycles. The van der Waals surface area contributed by atoms with E-state index in [1.807, 2.05) is 48.5 Å². The molecular weight excluding hydrogens is 670 g/mol. The first-order chi connectivity index (χ1) is 25.0. The zero-order valence-corrected chi connectivity index (χ0v) is 28.2. The maximum absolute atomic E-state index is 14.1. The number of esters is 1. The molecule has 0 unspecified atom stereocenters. The summed E-state index contributed by atoms with van der Waals surface area (Å²) in [6, 6.07) is 22.1. The quantitative estimate of drug-likeness (QED) is 0.0508. The minimum Gasteiger partial charge on any atom is -0.508 e. The summed E-state index contributed by atoms with van der Waals surface area (Å²) in [5.74, 6) is -7.11. The van der Waals surface area contributed by atoms with Gasteiger partial charge in [-0.1, -0.05) is 61.4 Å². The third-order valence-corrected chi connectivity index (χ3v) is 11.5. The van der Waals surface area contributed by atoms with Crippen LogP contribution in [0.5, 0.6) is 11.5 Å². The number of aromatic hydroxyl groups is 1. The molecule has 1 saturated carbocycles. The normalized spacial score (nSPS) is 29.8. The number of phenols is 1. The lowest BCUT2D eigenvalue weighted by molar-refractivity contribution is -0.246. The number of hydrogen-bond acceptors (Lipinski definition) is 11. The number of carbonyl (C=O) groups is 1. The molecule has 12 nitrogen and oxygen atoms in total. The average molecular weight is 712 g/mol. The van der Waals surface area contributed by atoms with E-state index in [9.17, 15) is 40.5 Å². The lowest BCUT2D eigenvalue weighted by Crippen LogP contribution is -2.59. The molecule has 1 saturated heterocycles. The van der Waals surface area contributed by atoms with Gasteiger partial charge in [0.1, 0.15) is 18.0 Å². The Morgan fingerprint density at radius 3 is 2.42 bits per heavy atom. The van der Waals surface area contributed by atoms with E-state index in [2.05, 4.69) is 4.98 Å². The summed E-state index contributed by atoms with van der Waals surface area (Å²) in [5, 5.41) is 79.8. The molecule has 0 bridgehead atoms. The molecular formula is C40H41NO11. The molecule has 1 aromatic heterocycles. The number of aliphatic hydroxyl groups is 6. The topological polar surface area (TPSA) is 202 Å². The van der Waals surface area contributed by atoms with Gasteiger partial charge in [0.15, 0.2) is 17.6 Å². The van der Waals surface area contributed by atoms with Gasteiger partial charge in [-0.05, 0) is 82.3 Å². The summed E-state index contributed by atoms with van der Waals surface area (Å²) in [5.41, 5.74) is 0.706. The fourth-order valence-corrected chi connectivity index (χ4v) is 8.87. The zero-order valence-electron chi connectivity index (χ0n) is 28.2. The van der Waals surface area contributed by atoms with Crippen LogP contribution in [-0.2, 0) is 26.3 Å². The SMILES string of the molecule is O=C(Oc1c(CO)[nH]c2ccc3cc4ccccc4cc3c12)[C@@H]1O[C@@](O)(CO)[C@H](O)[C@H]1OC[C@H]1C(O)(O)C=C[C@@H]2CCCC[C@@]21c1ccc(O)cc1. The van der Waals surface area contributed by atoms with E-state index < -0.39 is 67.0 Å². The lowest BCUT2D eigenvalue weighted by atomic mass is 9.52. The van der Waals surface area contributed by atoms with Crippen LogP contribution in [-0.4, -0.2) is 89.8 Å². The first-order valence-corrected chi connectivity index (χ1v) is 17.5. The fourth-order valence-electron chi connectivity index (χ4n) is 8.87. The molecule has 2 heterocycles. The molecule has 0 spiro atoms. The number of carbonyl (C=O) groups excluding carboxylic acids is 1. The van der Waals surface area contributed by atoms with Crippen molar-refractivity contribution in [2.75, 3.05) is 13.2 Å². The molecule has 4 aromatic carbocycles. The van der Waals surface area contributed by atoms with Crippen LogP contribution < -0.4 is 4.74 Å². The number of fused-ring (bicyclic) bond motifs is 5. The Balaban J connectivity index is 1.15. The molecule has 7 atom stereocenters. The monoisotopic (exact) mass is 711 g/mol. The number of rotatable bonds is 8. The molecule has 3 aliphatic rings. The second-order valence-electron chi connectivity index (χ2n) is 14.3. The van der Waals surface area contributed by atoms with Gasteiger partial charge in [-0.25, -0.2) is 4.79 Å². The average Bonchev–Trinajstić information content (AvgIpc) is 3.63. The maximum Gasteiger partial charge on any atom is 0.343 e. The first kappa shape index (κ1) is 34.7.